The second-order valence-corrected chi connectivity index (χ2v) is 4.43. The van der Waals surface area contributed by atoms with Crippen molar-refractivity contribution < 1.29 is 9.13 Å². The summed E-state index contributed by atoms with van der Waals surface area (Å²) in [4.78, 5) is 3.99. The maximum Gasteiger partial charge on any atom is 0.218 e. The van der Waals surface area contributed by atoms with E-state index in [2.05, 4.69) is 24.1 Å². The molecule has 0 atom stereocenters. The van der Waals surface area contributed by atoms with Crippen molar-refractivity contribution in [3.63, 3.8) is 0 Å². The molecule has 96 valence electrons. The van der Waals surface area contributed by atoms with Gasteiger partial charge in [0.2, 0.25) is 5.88 Å². The van der Waals surface area contributed by atoms with Crippen LogP contribution in [0.4, 0.5) is 4.39 Å². The third-order valence-electron chi connectivity index (χ3n) is 2.39. The first-order valence-corrected chi connectivity index (χ1v) is 6.11. The van der Waals surface area contributed by atoms with E-state index in [0.29, 0.717) is 24.9 Å². The maximum absolute atomic E-state index is 13.1. The molecule has 0 bridgehead atoms. The Morgan fingerprint density at radius 1 is 1.47 bits per heavy atom. The minimum absolute atomic E-state index is 0.325. The fourth-order valence-corrected chi connectivity index (χ4v) is 1.38. The van der Waals surface area contributed by atoms with Gasteiger partial charge in [-0.2, -0.15) is 0 Å². The molecule has 1 heterocycles. The summed E-state index contributed by atoms with van der Waals surface area (Å²) >= 11 is 0. The molecule has 0 aliphatic carbocycles. The Labute approximate surface area is 102 Å². The summed E-state index contributed by atoms with van der Waals surface area (Å²) in [6, 6.07) is 1.47. The number of pyridine rings is 1. The Bertz CT molecular complexity index is 342. The molecular formula is C13H21FN2O. The molecule has 0 spiro atoms. The van der Waals surface area contributed by atoms with Crippen LogP contribution < -0.4 is 10.1 Å². The zero-order valence-corrected chi connectivity index (χ0v) is 10.8. The summed E-state index contributed by atoms with van der Waals surface area (Å²) in [7, 11) is 0. The van der Waals surface area contributed by atoms with Crippen LogP contribution in [0.5, 0.6) is 5.88 Å². The summed E-state index contributed by atoms with van der Waals surface area (Å²) in [6.07, 6.45) is 2.17. The van der Waals surface area contributed by atoms with Crippen LogP contribution in [0.25, 0.3) is 0 Å². The van der Waals surface area contributed by atoms with E-state index in [0.717, 1.165) is 18.5 Å². The largest absolute Gasteiger partial charge is 0.477 e. The Balaban J connectivity index is 2.62. The molecular weight excluding hydrogens is 219 g/mol. The summed E-state index contributed by atoms with van der Waals surface area (Å²) in [5.41, 5.74) is 0.774. The van der Waals surface area contributed by atoms with Crippen LogP contribution in [-0.2, 0) is 6.54 Å². The fraction of sp³-hybridized carbons (Fsp3) is 0.615. The average Bonchev–Trinajstić information content (AvgIpc) is 2.28. The third-order valence-corrected chi connectivity index (χ3v) is 2.39. The van der Waals surface area contributed by atoms with Gasteiger partial charge in [0.1, 0.15) is 5.82 Å². The molecule has 1 aromatic heterocycles. The molecule has 0 aliphatic heterocycles. The lowest BCUT2D eigenvalue weighted by molar-refractivity contribution is 0.275. The van der Waals surface area contributed by atoms with Crippen molar-refractivity contribution in [2.45, 2.75) is 33.7 Å². The quantitative estimate of drug-likeness (QED) is 0.795. The van der Waals surface area contributed by atoms with Gasteiger partial charge in [-0.3, -0.25) is 0 Å². The van der Waals surface area contributed by atoms with E-state index >= 15 is 0 Å². The highest BCUT2D eigenvalue weighted by atomic mass is 19.1. The van der Waals surface area contributed by atoms with Crippen LogP contribution in [0.3, 0.4) is 0 Å². The van der Waals surface area contributed by atoms with Gasteiger partial charge in [0.15, 0.2) is 0 Å². The number of rotatable bonds is 7. The van der Waals surface area contributed by atoms with Gasteiger partial charge in [-0.25, -0.2) is 9.37 Å². The molecule has 0 radical (unpaired) electrons. The van der Waals surface area contributed by atoms with Gasteiger partial charge in [-0.15, -0.1) is 0 Å². The fourth-order valence-electron chi connectivity index (χ4n) is 1.38. The Hall–Kier alpha value is -1.16. The van der Waals surface area contributed by atoms with Gasteiger partial charge in [0.25, 0.3) is 0 Å². The van der Waals surface area contributed by atoms with Gasteiger partial charge in [0.05, 0.1) is 12.8 Å². The van der Waals surface area contributed by atoms with E-state index in [1.165, 1.54) is 12.3 Å². The van der Waals surface area contributed by atoms with Crippen molar-refractivity contribution in [2.75, 3.05) is 13.2 Å². The average molecular weight is 240 g/mol. The predicted molar refractivity (Wildman–Crippen MR) is 66.5 cm³/mol. The van der Waals surface area contributed by atoms with Crippen molar-refractivity contribution in [3.8, 4) is 5.88 Å². The first-order valence-electron chi connectivity index (χ1n) is 6.11. The maximum atomic E-state index is 13.1. The number of ether oxygens (including phenoxy) is 1. The molecule has 0 amide bonds. The molecule has 0 unspecified atom stereocenters. The molecule has 1 rings (SSSR count). The van der Waals surface area contributed by atoms with Crippen LogP contribution >= 0.6 is 0 Å². The van der Waals surface area contributed by atoms with Gasteiger partial charge in [0, 0.05) is 12.1 Å². The highest BCUT2D eigenvalue weighted by molar-refractivity contribution is 5.26. The Morgan fingerprint density at radius 2 is 2.24 bits per heavy atom. The van der Waals surface area contributed by atoms with Crippen LogP contribution in [-0.4, -0.2) is 18.1 Å². The number of nitrogens with zero attached hydrogens (tertiary/aromatic N) is 1. The van der Waals surface area contributed by atoms with E-state index in [4.69, 9.17) is 4.74 Å². The lowest BCUT2D eigenvalue weighted by atomic mass is 10.1. The van der Waals surface area contributed by atoms with E-state index in [-0.39, 0.29) is 5.82 Å². The van der Waals surface area contributed by atoms with Crippen molar-refractivity contribution in [3.05, 3.63) is 23.6 Å². The topological polar surface area (TPSA) is 34.2 Å². The zero-order chi connectivity index (χ0) is 12.7. The van der Waals surface area contributed by atoms with Gasteiger partial charge in [-0.1, -0.05) is 20.8 Å². The van der Waals surface area contributed by atoms with Crippen LogP contribution in [0.2, 0.25) is 0 Å². The molecule has 4 heteroatoms. The zero-order valence-electron chi connectivity index (χ0n) is 10.8. The normalized spacial score (nSPS) is 10.9. The molecule has 0 aromatic carbocycles. The molecule has 1 aromatic rings. The first-order chi connectivity index (χ1) is 8.13. The summed E-state index contributed by atoms with van der Waals surface area (Å²) < 4.78 is 18.7. The number of hydrogen-bond acceptors (Lipinski definition) is 3. The smallest absolute Gasteiger partial charge is 0.218 e. The minimum Gasteiger partial charge on any atom is -0.477 e. The standard InChI is InChI=1S/C13H21FN2O/c1-4-15-8-11-7-12(14)9-16-13(11)17-6-5-10(2)3/h7,9-10,15H,4-6,8H2,1-3H3. The van der Waals surface area contributed by atoms with Crippen molar-refractivity contribution in [1.82, 2.24) is 10.3 Å². The lowest BCUT2D eigenvalue weighted by Crippen LogP contribution is -2.14. The van der Waals surface area contributed by atoms with E-state index in [1.807, 2.05) is 6.92 Å². The predicted octanol–water partition coefficient (Wildman–Crippen LogP) is 2.76. The van der Waals surface area contributed by atoms with Crippen LogP contribution in [0.1, 0.15) is 32.8 Å². The number of nitrogens with one attached hydrogen (secondary N) is 1. The first kappa shape index (κ1) is 13.9. The second kappa shape index (κ2) is 7.22. The highest BCUT2D eigenvalue weighted by Gasteiger charge is 2.07. The Kier molecular flexibility index (Phi) is 5.91. The molecule has 0 saturated carbocycles. The van der Waals surface area contributed by atoms with Gasteiger partial charge in [-0.05, 0) is 24.9 Å². The van der Waals surface area contributed by atoms with E-state index < -0.39 is 0 Å². The highest BCUT2D eigenvalue weighted by Crippen LogP contribution is 2.16. The number of aromatic nitrogens is 1. The lowest BCUT2D eigenvalue weighted by Gasteiger charge is -2.11. The van der Waals surface area contributed by atoms with Gasteiger partial charge >= 0.3 is 0 Å². The summed E-state index contributed by atoms with van der Waals surface area (Å²) in [5, 5.41) is 3.14. The SMILES string of the molecule is CCNCc1cc(F)cnc1OCCC(C)C. The molecule has 1 N–H and O–H groups in total. The monoisotopic (exact) mass is 240 g/mol. The van der Waals surface area contributed by atoms with Crippen molar-refractivity contribution in [2.24, 2.45) is 5.92 Å². The van der Waals surface area contributed by atoms with Gasteiger partial charge < -0.3 is 10.1 Å². The summed E-state index contributed by atoms with van der Waals surface area (Å²) in [6.45, 7) is 8.32. The van der Waals surface area contributed by atoms with Crippen LogP contribution in [0, 0.1) is 11.7 Å². The molecule has 3 nitrogen and oxygen atoms in total. The number of hydrogen-bond donors (Lipinski definition) is 1. The van der Waals surface area contributed by atoms with Crippen molar-refractivity contribution in [1.29, 1.82) is 0 Å². The number of halogens is 1. The second-order valence-electron chi connectivity index (χ2n) is 4.43. The van der Waals surface area contributed by atoms with E-state index in [9.17, 15) is 4.39 Å². The Morgan fingerprint density at radius 3 is 2.88 bits per heavy atom. The minimum atomic E-state index is -0.325. The van der Waals surface area contributed by atoms with Crippen molar-refractivity contribution >= 4 is 0 Å². The van der Waals surface area contributed by atoms with Crippen LogP contribution in [0.15, 0.2) is 12.3 Å². The molecule has 0 fully saturated rings. The molecule has 0 saturated heterocycles. The third kappa shape index (κ3) is 5.13. The van der Waals surface area contributed by atoms with E-state index in [1.54, 1.807) is 0 Å². The summed E-state index contributed by atoms with van der Waals surface area (Å²) in [5.74, 6) is 0.801. The molecule has 17 heavy (non-hydrogen) atoms. The molecule has 0 aliphatic rings.